The fourth-order valence-corrected chi connectivity index (χ4v) is 1.80. The normalized spacial score (nSPS) is 11.9. The van der Waals surface area contributed by atoms with Crippen molar-refractivity contribution in [3.8, 4) is 0 Å². The van der Waals surface area contributed by atoms with Gasteiger partial charge >= 0.3 is 11.8 Å². The van der Waals surface area contributed by atoms with Gasteiger partial charge in [0.05, 0.1) is 0 Å². The first-order valence-corrected chi connectivity index (χ1v) is 6.55. The molecule has 1 atom stereocenters. The molecule has 1 heterocycles. The number of rotatable bonds is 8. The molecule has 0 aliphatic carbocycles. The Kier molecular flexibility index (Phi) is 5.82. The fraction of sp³-hybridized carbons (Fsp3) is 0.583. The van der Waals surface area contributed by atoms with E-state index in [4.69, 9.17) is 5.11 Å². The Balaban J connectivity index is 2.67. The Morgan fingerprint density at radius 2 is 2.24 bits per heavy atom. The molecule has 9 heteroatoms. The van der Waals surface area contributed by atoms with E-state index in [-0.39, 0.29) is 12.4 Å². The van der Waals surface area contributed by atoms with Crippen molar-refractivity contribution in [2.24, 2.45) is 0 Å². The zero-order chi connectivity index (χ0) is 16.0. The molecule has 0 aromatic carbocycles. The predicted octanol–water partition coefficient (Wildman–Crippen LogP) is 0.859. The number of carboxylic acids is 1. The van der Waals surface area contributed by atoms with Gasteiger partial charge in [0.1, 0.15) is 18.8 Å². The van der Waals surface area contributed by atoms with Gasteiger partial charge in [-0.3, -0.25) is 9.36 Å². The topological polar surface area (TPSA) is 127 Å². The van der Waals surface area contributed by atoms with Gasteiger partial charge in [-0.1, -0.05) is 19.8 Å². The van der Waals surface area contributed by atoms with Crippen molar-refractivity contribution in [1.29, 1.82) is 0 Å². The van der Waals surface area contributed by atoms with Crippen molar-refractivity contribution >= 4 is 17.7 Å². The lowest BCUT2D eigenvalue weighted by molar-refractivity contribution is -0.389. The number of carboxylic acid groups (broad SMARTS) is 1. The first kappa shape index (κ1) is 16.6. The molecule has 0 spiro atoms. The predicted molar refractivity (Wildman–Crippen MR) is 72.7 cm³/mol. The van der Waals surface area contributed by atoms with E-state index in [0.29, 0.717) is 18.7 Å². The second-order valence-corrected chi connectivity index (χ2v) is 4.63. The molecule has 0 saturated heterocycles. The SMILES string of the molecule is CCCCC(NC(=O)Cn1cc([N+](=O)[O-])nc1C)C(=O)O. The van der Waals surface area contributed by atoms with Gasteiger partial charge in [-0.15, -0.1) is 0 Å². The molecule has 1 unspecified atom stereocenters. The average Bonchev–Trinajstić information content (AvgIpc) is 2.76. The number of nitro groups is 1. The Morgan fingerprint density at radius 3 is 2.71 bits per heavy atom. The molecular formula is C12H18N4O5. The summed E-state index contributed by atoms with van der Waals surface area (Å²) >= 11 is 0. The standard InChI is InChI=1S/C12H18N4O5/c1-3-4-5-9(12(18)19)14-11(17)7-15-6-10(16(20)21)13-8(15)2/h6,9H,3-5,7H2,1-2H3,(H,14,17)(H,18,19). The number of nitrogens with one attached hydrogen (secondary N) is 1. The van der Waals surface area contributed by atoms with E-state index < -0.39 is 22.8 Å². The number of hydrogen-bond acceptors (Lipinski definition) is 5. The maximum Gasteiger partial charge on any atom is 0.381 e. The number of aliphatic carboxylic acids is 1. The minimum absolute atomic E-state index is 0.206. The van der Waals surface area contributed by atoms with Crippen LogP contribution in [0.5, 0.6) is 0 Å². The van der Waals surface area contributed by atoms with Gasteiger partial charge in [0.25, 0.3) is 0 Å². The molecular weight excluding hydrogens is 280 g/mol. The summed E-state index contributed by atoms with van der Waals surface area (Å²) in [6, 6.07) is -0.948. The van der Waals surface area contributed by atoms with E-state index in [2.05, 4.69) is 10.3 Å². The van der Waals surface area contributed by atoms with Crippen molar-refractivity contribution in [1.82, 2.24) is 14.9 Å². The summed E-state index contributed by atoms with van der Waals surface area (Å²) in [6.07, 6.45) is 3.01. The van der Waals surface area contributed by atoms with Crippen molar-refractivity contribution in [3.63, 3.8) is 0 Å². The summed E-state index contributed by atoms with van der Waals surface area (Å²) in [6.45, 7) is 3.25. The smallest absolute Gasteiger partial charge is 0.381 e. The summed E-state index contributed by atoms with van der Waals surface area (Å²) < 4.78 is 1.31. The van der Waals surface area contributed by atoms with Crippen molar-refractivity contribution < 1.29 is 19.6 Å². The van der Waals surface area contributed by atoms with Crippen LogP contribution in [0.25, 0.3) is 0 Å². The number of hydrogen-bond donors (Lipinski definition) is 2. The van der Waals surface area contributed by atoms with Gasteiger partial charge in [0.15, 0.2) is 0 Å². The largest absolute Gasteiger partial charge is 0.480 e. The second-order valence-electron chi connectivity index (χ2n) is 4.63. The molecule has 21 heavy (non-hydrogen) atoms. The molecule has 1 aromatic rings. The Morgan fingerprint density at radius 1 is 1.57 bits per heavy atom. The molecule has 116 valence electrons. The van der Waals surface area contributed by atoms with Gasteiger partial charge in [-0.25, -0.2) is 4.79 Å². The lowest BCUT2D eigenvalue weighted by atomic mass is 10.1. The minimum atomic E-state index is -1.09. The van der Waals surface area contributed by atoms with E-state index in [0.717, 1.165) is 12.6 Å². The van der Waals surface area contributed by atoms with Crippen LogP contribution in [-0.2, 0) is 16.1 Å². The van der Waals surface area contributed by atoms with Crippen LogP contribution >= 0.6 is 0 Å². The van der Waals surface area contributed by atoms with Gasteiger partial charge < -0.3 is 20.5 Å². The Hall–Kier alpha value is -2.45. The molecule has 0 aliphatic rings. The van der Waals surface area contributed by atoms with Crippen LogP contribution in [0.2, 0.25) is 0 Å². The number of amides is 1. The van der Waals surface area contributed by atoms with E-state index in [1.807, 2.05) is 6.92 Å². The zero-order valence-electron chi connectivity index (χ0n) is 11.9. The third kappa shape index (κ3) is 4.86. The van der Waals surface area contributed by atoms with Crippen LogP contribution in [0.3, 0.4) is 0 Å². The molecule has 0 fully saturated rings. The molecule has 1 amide bonds. The highest BCUT2D eigenvalue weighted by atomic mass is 16.6. The van der Waals surface area contributed by atoms with Crippen molar-refractivity contribution in [2.75, 3.05) is 0 Å². The summed E-state index contributed by atoms with van der Waals surface area (Å²) in [7, 11) is 0. The summed E-state index contributed by atoms with van der Waals surface area (Å²) in [5.74, 6) is -1.64. The lowest BCUT2D eigenvalue weighted by Crippen LogP contribution is -2.42. The lowest BCUT2D eigenvalue weighted by Gasteiger charge is -2.14. The van der Waals surface area contributed by atoms with Crippen molar-refractivity contribution in [2.45, 2.75) is 45.7 Å². The fourth-order valence-electron chi connectivity index (χ4n) is 1.80. The molecule has 1 rings (SSSR count). The minimum Gasteiger partial charge on any atom is -0.480 e. The van der Waals surface area contributed by atoms with Crippen LogP contribution in [0, 0.1) is 17.0 Å². The Labute approximate surface area is 121 Å². The molecule has 2 N–H and O–H groups in total. The van der Waals surface area contributed by atoms with Gasteiger partial charge in [0, 0.05) is 6.92 Å². The third-order valence-corrected chi connectivity index (χ3v) is 2.94. The number of aryl methyl sites for hydroxylation is 1. The maximum atomic E-state index is 11.8. The number of carbonyl (C=O) groups is 2. The number of imidazole rings is 1. The molecule has 0 radical (unpaired) electrons. The van der Waals surface area contributed by atoms with E-state index >= 15 is 0 Å². The van der Waals surface area contributed by atoms with E-state index in [1.165, 1.54) is 11.5 Å². The van der Waals surface area contributed by atoms with Gasteiger partial charge in [-0.05, 0) is 16.3 Å². The summed E-state index contributed by atoms with van der Waals surface area (Å²) in [5.41, 5.74) is 0. The van der Waals surface area contributed by atoms with Crippen molar-refractivity contribution in [3.05, 3.63) is 22.1 Å². The summed E-state index contributed by atoms with van der Waals surface area (Å²) in [4.78, 5) is 36.5. The highest BCUT2D eigenvalue weighted by molar-refractivity contribution is 5.83. The van der Waals surface area contributed by atoms with E-state index in [9.17, 15) is 19.7 Å². The molecule has 0 bridgehead atoms. The number of unbranched alkanes of at least 4 members (excludes halogenated alkanes) is 1. The highest BCUT2D eigenvalue weighted by Gasteiger charge is 2.21. The van der Waals surface area contributed by atoms with Gasteiger partial charge in [0.2, 0.25) is 11.7 Å². The third-order valence-electron chi connectivity index (χ3n) is 2.94. The molecule has 0 aliphatic heterocycles. The monoisotopic (exact) mass is 298 g/mol. The second kappa shape index (κ2) is 7.36. The molecule has 9 nitrogen and oxygen atoms in total. The zero-order valence-corrected chi connectivity index (χ0v) is 11.9. The van der Waals surface area contributed by atoms with Crippen LogP contribution in [0.15, 0.2) is 6.20 Å². The average molecular weight is 298 g/mol. The van der Waals surface area contributed by atoms with Crippen LogP contribution in [0.4, 0.5) is 5.82 Å². The van der Waals surface area contributed by atoms with E-state index in [1.54, 1.807) is 0 Å². The first-order valence-electron chi connectivity index (χ1n) is 6.55. The van der Waals surface area contributed by atoms with Crippen LogP contribution in [0.1, 0.15) is 32.0 Å². The number of nitrogens with zero attached hydrogens (tertiary/aromatic N) is 3. The van der Waals surface area contributed by atoms with Crippen LogP contribution < -0.4 is 5.32 Å². The Bertz CT molecular complexity index is 540. The maximum absolute atomic E-state index is 11.8. The molecule has 1 aromatic heterocycles. The molecule has 0 saturated carbocycles. The quantitative estimate of drug-likeness (QED) is 0.541. The summed E-state index contributed by atoms with van der Waals surface area (Å²) in [5, 5.41) is 22.0. The highest BCUT2D eigenvalue weighted by Crippen LogP contribution is 2.10. The van der Waals surface area contributed by atoms with Gasteiger partial charge in [-0.2, -0.15) is 0 Å². The van der Waals surface area contributed by atoms with Crippen LogP contribution in [-0.4, -0.2) is 37.5 Å². The number of aromatic nitrogens is 2. The number of carbonyl (C=O) groups excluding carboxylic acids is 1. The first-order chi connectivity index (χ1) is 9.85.